The summed E-state index contributed by atoms with van der Waals surface area (Å²) in [5, 5.41) is 14.8. The number of aliphatic hydroxyl groups is 1. The molecule has 21 heavy (non-hydrogen) atoms. The van der Waals surface area contributed by atoms with Crippen LogP contribution in [0.1, 0.15) is 55.1 Å². The molecule has 2 aromatic rings. The third kappa shape index (κ3) is 3.32. The molecule has 1 N–H and O–H groups in total. The average Bonchev–Trinajstić information content (AvgIpc) is 3.20. The Labute approximate surface area is 125 Å². The first-order valence-corrected chi connectivity index (χ1v) is 7.83. The Kier molecular flexibility index (Phi) is 4.06. The molecule has 0 saturated heterocycles. The van der Waals surface area contributed by atoms with Crippen molar-refractivity contribution in [3.8, 4) is 0 Å². The van der Waals surface area contributed by atoms with Gasteiger partial charge in [0.25, 0.3) is 0 Å². The molecule has 112 valence electrons. The van der Waals surface area contributed by atoms with Crippen molar-refractivity contribution >= 4 is 0 Å². The topological polar surface area (TPSA) is 50.9 Å². The molecular formula is C17H23N3O. The van der Waals surface area contributed by atoms with Gasteiger partial charge in [0.15, 0.2) is 11.6 Å². The van der Waals surface area contributed by atoms with Crippen molar-refractivity contribution in [3.63, 3.8) is 0 Å². The van der Waals surface area contributed by atoms with Gasteiger partial charge < -0.3 is 5.11 Å². The van der Waals surface area contributed by atoms with Crippen LogP contribution >= 0.6 is 0 Å². The Morgan fingerprint density at radius 3 is 2.76 bits per heavy atom. The predicted octanol–water partition coefficient (Wildman–Crippen LogP) is 3.03. The molecule has 1 aliphatic carbocycles. The Hall–Kier alpha value is -1.68. The van der Waals surface area contributed by atoms with Gasteiger partial charge in [-0.1, -0.05) is 31.2 Å². The predicted molar refractivity (Wildman–Crippen MR) is 82.0 cm³/mol. The fraction of sp³-hybridized carbons (Fsp3) is 0.529. The first-order chi connectivity index (χ1) is 10.2. The van der Waals surface area contributed by atoms with E-state index in [-0.39, 0.29) is 0 Å². The Balaban J connectivity index is 1.87. The van der Waals surface area contributed by atoms with Gasteiger partial charge in [0, 0.05) is 6.42 Å². The minimum absolute atomic E-state index is 0.533. The zero-order valence-electron chi connectivity index (χ0n) is 12.8. The summed E-state index contributed by atoms with van der Waals surface area (Å²) in [4.78, 5) is 4.59. The summed E-state index contributed by atoms with van der Waals surface area (Å²) in [5.41, 5.74) is 2.47. The largest absolute Gasteiger partial charge is 0.385 e. The Morgan fingerprint density at radius 1 is 1.33 bits per heavy atom. The van der Waals surface area contributed by atoms with Crippen LogP contribution in [0, 0.1) is 12.8 Å². The quantitative estimate of drug-likeness (QED) is 0.887. The lowest BCUT2D eigenvalue weighted by atomic mass is 10.1. The molecule has 1 unspecified atom stereocenters. The molecule has 1 aliphatic rings. The van der Waals surface area contributed by atoms with E-state index in [1.165, 1.54) is 24.0 Å². The average molecular weight is 285 g/mol. The Bertz CT molecular complexity index is 616. The molecule has 4 nitrogen and oxygen atoms in total. The van der Waals surface area contributed by atoms with E-state index < -0.39 is 6.10 Å². The van der Waals surface area contributed by atoms with Gasteiger partial charge in [-0.3, -0.25) is 0 Å². The van der Waals surface area contributed by atoms with Gasteiger partial charge in [0.1, 0.15) is 6.10 Å². The fourth-order valence-electron chi connectivity index (χ4n) is 2.56. The second-order valence-corrected chi connectivity index (χ2v) is 6.04. The van der Waals surface area contributed by atoms with Gasteiger partial charge in [-0.05, 0) is 43.2 Å². The van der Waals surface area contributed by atoms with Crippen molar-refractivity contribution < 1.29 is 5.11 Å². The van der Waals surface area contributed by atoms with E-state index in [0.717, 1.165) is 18.2 Å². The van der Waals surface area contributed by atoms with Crippen LogP contribution in [-0.4, -0.2) is 19.9 Å². The maximum Gasteiger partial charge on any atom is 0.156 e. The van der Waals surface area contributed by atoms with Gasteiger partial charge in [-0.2, -0.15) is 5.10 Å². The lowest BCUT2D eigenvalue weighted by Crippen LogP contribution is -2.11. The number of benzene rings is 1. The van der Waals surface area contributed by atoms with Crippen LogP contribution in [0.3, 0.4) is 0 Å². The lowest BCUT2D eigenvalue weighted by molar-refractivity contribution is 0.158. The third-order valence-electron chi connectivity index (χ3n) is 4.18. The van der Waals surface area contributed by atoms with E-state index in [0.29, 0.717) is 18.8 Å². The second-order valence-electron chi connectivity index (χ2n) is 6.04. The van der Waals surface area contributed by atoms with Crippen LogP contribution in [0.25, 0.3) is 0 Å². The first-order valence-electron chi connectivity index (χ1n) is 7.83. The number of aliphatic hydroxyl groups excluding tert-OH is 1. The summed E-state index contributed by atoms with van der Waals surface area (Å²) in [5.74, 6) is 2.34. The van der Waals surface area contributed by atoms with Crippen LogP contribution < -0.4 is 0 Å². The standard InChI is InChI=1S/C17H23N3O/c1-3-15(21)17-18-16(10-13-8-9-13)19-20(17)11-14-7-5-4-6-12(14)2/h4-7,13,15,21H,3,8-11H2,1-2H3. The minimum Gasteiger partial charge on any atom is -0.385 e. The highest BCUT2D eigenvalue weighted by molar-refractivity contribution is 5.25. The van der Waals surface area contributed by atoms with Crippen LogP contribution in [-0.2, 0) is 13.0 Å². The number of rotatable bonds is 6. The third-order valence-corrected chi connectivity index (χ3v) is 4.18. The normalized spacial score (nSPS) is 16.1. The molecule has 0 aliphatic heterocycles. The van der Waals surface area contributed by atoms with Crippen LogP contribution in [0.5, 0.6) is 0 Å². The van der Waals surface area contributed by atoms with Gasteiger partial charge in [-0.25, -0.2) is 9.67 Å². The van der Waals surface area contributed by atoms with Crippen LogP contribution in [0.2, 0.25) is 0 Å². The van der Waals surface area contributed by atoms with Crippen molar-refractivity contribution in [2.24, 2.45) is 5.92 Å². The monoisotopic (exact) mass is 285 g/mol. The minimum atomic E-state index is -0.533. The van der Waals surface area contributed by atoms with Crippen LogP contribution in [0.4, 0.5) is 0 Å². The summed E-state index contributed by atoms with van der Waals surface area (Å²) in [7, 11) is 0. The number of aryl methyl sites for hydroxylation is 1. The molecule has 1 saturated carbocycles. The van der Waals surface area contributed by atoms with Crippen molar-refractivity contribution in [1.82, 2.24) is 14.8 Å². The molecule has 1 aromatic carbocycles. The summed E-state index contributed by atoms with van der Waals surface area (Å²) in [6.45, 7) is 4.75. The molecule has 0 spiro atoms. The molecule has 0 bridgehead atoms. The maximum absolute atomic E-state index is 10.2. The van der Waals surface area contributed by atoms with Gasteiger partial charge in [0.2, 0.25) is 0 Å². The van der Waals surface area contributed by atoms with Gasteiger partial charge >= 0.3 is 0 Å². The van der Waals surface area contributed by atoms with Crippen molar-refractivity contribution in [1.29, 1.82) is 0 Å². The number of aromatic nitrogens is 3. The molecule has 3 rings (SSSR count). The lowest BCUT2D eigenvalue weighted by Gasteiger charge is -2.11. The van der Waals surface area contributed by atoms with E-state index in [4.69, 9.17) is 0 Å². The van der Waals surface area contributed by atoms with Crippen molar-refractivity contribution in [2.45, 2.75) is 52.2 Å². The highest BCUT2D eigenvalue weighted by Gasteiger charge is 2.25. The van der Waals surface area contributed by atoms with E-state index in [1.807, 2.05) is 23.7 Å². The van der Waals surface area contributed by atoms with Gasteiger partial charge in [-0.15, -0.1) is 0 Å². The van der Waals surface area contributed by atoms with E-state index in [1.54, 1.807) is 0 Å². The summed E-state index contributed by atoms with van der Waals surface area (Å²) < 4.78 is 1.88. The van der Waals surface area contributed by atoms with Gasteiger partial charge in [0.05, 0.1) is 6.54 Å². The molecule has 0 radical (unpaired) electrons. The summed E-state index contributed by atoms with van der Waals surface area (Å²) in [6.07, 6.45) is 3.66. The van der Waals surface area contributed by atoms with Crippen molar-refractivity contribution in [3.05, 3.63) is 47.0 Å². The van der Waals surface area contributed by atoms with E-state index in [2.05, 4.69) is 29.1 Å². The summed E-state index contributed by atoms with van der Waals surface area (Å²) >= 11 is 0. The first kappa shape index (κ1) is 14.3. The maximum atomic E-state index is 10.2. The molecule has 0 amide bonds. The smallest absolute Gasteiger partial charge is 0.156 e. The number of nitrogens with zero attached hydrogens (tertiary/aromatic N) is 3. The van der Waals surface area contributed by atoms with Crippen molar-refractivity contribution in [2.75, 3.05) is 0 Å². The SMILES string of the molecule is CCC(O)c1nc(CC2CC2)nn1Cc1ccccc1C. The highest BCUT2D eigenvalue weighted by atomic mass is 16.3. The second kappa shape index (κ2) is 5.98. The zero-order valence-corrected chi connectivity index (χ0v) is 12.8. The van der Waals surface area contributed by atoms with E-state index in [9.17, 15) is 5.11 Å². The molecule has 1 fully saturated rings. The molecule has 1 heterocycles. The molecule has 4 heteroatoms. The zero-order chi connectivity index (χ0) is 14.8. The summed E-state index contributed by atoms with van der Waals surface area (Å²) in [6, 6.07) is 8.30. The number of hydrogen-bond acceptors (Lipinski definition) is 3. The molecule has 1 aromatic heterocycles. The Morgan fingerprint density at radius 2 is 2.10 bits per heavy atom. The number of hydrogen-bond donors (Lipinski definition) is 1. The molecular weight excluding hydrogens is 262 g/mol. The fourth-order valence-corrected chi connectivity index (χ4v) is 2.56. The molecule has 1 atom stereocenters. The van der Waals surface area contributed by atoms with Crippen LogP contribution in [0.15, 0.2) is 24.3 Å². The van der Waals surface area contributed by atoms with E-state index >= 15 is 0 Å². The highest BCUT2D eigenvalue weighted by Crippen LogP contribution is 2.32.